The van der Waals surface area contributed by atoms with Gasteiger partial charge in [0, 0.05) is 5.69 Å². The fourth-order valence-electron chi connectivity index (χ4n) is 2.39. The maximum absolute atomic E-state index is 12.5. The number of anilines is 2. The van der Waals surface area contributed by atoms with Crippen LogP contribution in [0.5, 0.6) is 0 Å². The summed E-state index contributed by atoms with van der Waals surface area (Å²) in [5.41, 5.74) is 6.00. The number of benzene rings is 2. The van der Waals surface area contributed by atoms with Gasteiger partial charge in [0.1, 0.15) is 12.2 Å². The molecule has 2 aromatic carbocycles. The fraction of sp³-hybridized carbons (Fsp3) is 0.286. The number of esters is 2. The summed E-state index contributed by atoms with van der Waals surface area (Å²) in [5.74, 6) is -1.43. The van der Waals surface area contributed by atoms with E-state index in [0.29, 0.717) is 0 Å². The van der Waals surface area contributed by atoms with Crippen LogP contribution in [0.2, 0.25) is 0 Å². The molecule has 8 nitrogen and oxygen atoms in total. The van der Waals surface area contributed by atoms with E-state index in [0.717, 1.165) is 5.56 Å². The number of nitrogens with one attached hydrogen (secondary N) is 1. The Labute approximate surface area is 168 Å². The van der Waals surface area contributed by atoms with Crippen molar-refractivity contribution in [2.45, 2.75) is 33.0 Å². The van der Waals surface area contributed by atoms with Gasteiger partial charge >= 0.3 is 18.0 Å². The van der Waals surface area contributed by atoms with Crippen molar-refractivity contribution in [1.82, 2.24) is 0 Å². The van der Waals surface area contributed by atoms with E-state index in [2.05, 4.69) is 5.32 Å². The Morgan fingerprint density at radius 1 is 1.00 bits per heavy atom. The first-order valence-electron chi connectivity index (χ1n) is 8.83. The van der Waals surface area contributed by atoms with Crippen LogP contribution in [0.3, 0.4) is 0 Å². The normalized spacial score (nSPS) is 10.8. The molecule has 2 rings (SSSR count). The van der Waals surface area contributed by atoms with E-state index < -0.39 is 23.6 Å². The summed E-state index contributed by atoms with van der Waals surface area (Å²) in [4.78, 5) is 36.7. The zero-order valence-corrected chi connectivity index (χ0v) is 16.8. The van der Waals surface area contributed by atoms with Gasteiger partial charge in [-0.25, -0.2) is 14.4 Å². The molecular formula is C21H24N2O6. The summed E-state index contributed by atoms with van der Waals surface area (Å²) >= 11 is 0. The van der Waals surface area contributed by atoms with Crippen LogP contribution in [-0.2, 0) is 20.8 Å². The van der Waals surface area contributed by atoms with E-state index in [1.165, 1.54) is 19.2 Å². The molecule has 0 atom stereocenters. The number of amides is 1. The molecule has 0 radical (unpaired) electrons. The summed E-state index contributed by atoms with van der Waals surface area (Å²) in [7, 11) is 1.19. The number of methoxy groups -OCH3 is 1. The molecule has 0 aliphatic carbocycles. The minimum absolute atomic E-state index is 0.000331. The van der Waals surface area contributed by atoms with Crippen molar-refractivity contribution in [3.05, 3.63) is 59.2 Å². The fourth-order valence-corrected chi connectivity index (χ4v) is 2.39. The minimum Gasteiger partial charge on any atom is -0.465 e. The van der Waals surface area contributed by atoms with E-state index in [1.54, 1.807) is 20.8 Å². The van der Waals surface area contributed by atoms with Gasteiger partial charge in [-0.3, -0.25) is 5.32 Å². The number of nitrogen functional groups attached to an aromatic ring is 1. The smallest absolute Gasteiger partial charge is 0.412 e. The SMILES string of the molecule is COC(=O)c1cc(N)c(C(=O)OCc2ccccc2)cc1NC(=O)OC(C)(C)C. The van der Waals surface area contributed by atoms with Crippen LogP contribution in [0.1, 0.15) is 47.1 Å². The second-order valence-electron chi connectivity index (χ2n) is 7.17. The van der Waals surface area contributed by atoms with E-state index >= 15 is 0 Å². The lowest BCUT2D eigenvalue weighted by Gasteiger charge is -2.20. The Kier molecular flexibility index (Phi) is 6.82. The molecule has 1 amide bonds. The Morgan fingerprint density at radius 2 is 1.66 bits per heavy atom. The predicted octanol–water partition coefficient (Wildman–Crippen LogP) is 3.76. The molecule has 0 heterocycles. The highest BCUT2D eigenvalue weighted by Crippen LogP contribution is 2.26. The summed E-state index contributed by atoms with van der Waals surface area (Å²) in [6.07, 6.45) is -0.795. The molecule has 0 aliphatic rings. The highest BCUT2D eigenvalue weighted by molar-refractivity contribution is 6.05. The van der Waals surface area contributed by atoms with E-state index in [4.69, 9.17) is 19.9 Å². The molecule has 3 N–H and O–H groups in total. The standard InChI is InChI=1S/C21H24N2O6/c1-21(2,3)29-20(26)23-17-11-14(16(22)10-15(17)18(24)27-4)19(25)28-12-13-8-6-5-7-9-13/h5-11H,12,22H2,1-4H3,(H,23,26). The Morgan fingerprint density at radius 3 is 2.24 bits per heavy atom. The number of rotatable bonds is 5. The van der Waals surface area contributed by atoms with Crippen molar-refractivity contribution < 1.29 is 28.6 Å². The van der Waals surface area contributed by atoms with Gasteiger partial charge in [-0.2, -0.15) is 0 Å². The molecule has 0 aromatic heterocycles. The molecule has 29 heavy (non-hydrogen) atoms. The molecule has 0 saturated heterocycles. The van der Waals surface area contributed by atoms with Crippen LogP contribution < -0.4 is 11.1 Å². The van der Waals surface area contributed by atoms with Crippen LogP contribution in [0.4, 0.5) is 16.2 Å². The number of carbonyl (C=O) groups excluding carboxylic acids is 3. The van der Waals surface area contributed by atoms with E-state index in [-0.39, 0.29) is 29.1 Å². The van der Waals surface area contributed by atoms with Gasteiger partial charge in [0.15, 0.2) is 0 Å². The quantitative estimate of drug-likeness (QED) is 0.446. The Bertz CT molecular complexity index is 903. The molecule has 2 aromatic rings. The average Bonchev–Trinajstić information content (AvgIpc) is 2.65. The van der Waals surface area contributed by atoms with Crippen molar-refractivity contribution >= 4 is 29.4 Å². The maximum atomic E-state index is 12.5. The second kappa shape index (κ2) is 9.09. The minimum atomic E-state index is -0.795. The lowest BCUT2D eigenvalue weighted by atomic mass is 10.1. The Hall–Kier alpha value is -3.55. The van der Waals surface area contributed by atoms with Crippen molar-refractivity contribution in [1.29, 1.82) is 0 Å². The lowest BCUT2D eigenvalue weighted by Crippen LogP contribution is -2.28. The summed E-state index contributed by atoms with van der Waals surface area (Å²) in [6.45, 7) is 5.14. The van der Waals surface area contributed by atoms with Crippen LogP contribution in [0.15, 0.2) is 42.5 Å². The van der Waals surface area contributed by atoms with Gasteiger partial charge in [0.2, 0.25) is 0 Å². The first kappa shape index (κ1) is 21.7. The van der Waals surface area contributed by atoms with Crippen molar-refractivity contribution in [3.8, 4) is 0 Å². The first-order valence-corrected chi connectivity index (χ1v) is 8.83. The Balaban J connectivity index is 2.29. The van der Waals surface area contributed by atoms with Gasteiger partial charge in [-0.1, -0.05) is 30.3 Å². The van der Waals surface area contributed by atoms with Crippen LogP contribution in [0.25, 0.3) is 0 Å². The monoisotopic (exact) mass is 400 g/mol. The topological polar surface area (TPSA) is 117 Å². The number of nitrogens with two attached hydrogens (primary N) is 1. The molecule has 0 spiro atoms. The number of ether oxygens (including phenoxy) is 3. The van der Waals surface area contributed by atoms with E-state index in [9.17, 15) is 14.4 Å². The van der Waals surface area contributed by atoms with Gasteiger partial charge in [0.25, 0.3) is 0 Å². The lowest BCUT2D eigenvalue weighted by molar-refractivity contribution is 0.0471. The number of hydrogen-bond donors (Lipinski definition) is 2. The second-order valence-corrected chi connectivity index (χ2v) is 7.17. The highest BCUT2D eigenvalue weighted by atomic mass is 16.6. The molecular weight excluding hydrogens is 376 g/mol. The van der Waals surface area contributed by atoms with Crippen LogP contribution in [0, 0.1) is 0 Å². The van der Waals surface area contributed by atoms with Gasteiger partial charge in [-0.15, -0.1) is 0 Å². The first-order chi connectivity index (χ1) is 13.6. The molecule has 154 valence electrons. The maximum Gasteiger partial charge on any atom is 0.412 e. The molecule has 0 fully saturated rings. The van der Waals surface area contributed by atoms with Crippen molar-refractivity contribution in [3.63, 3.8) is 0 Å². The third-order valence-corrected chi connectivity index (χ3v) is 3.66. The predicted molar refractivity (Wildman–Crippen MR) is 108 cm³/mol. The zero-order valence-electron chi connectivity index (χ0n) is 16.8. The zero-order chi connectivity index (χ0) is 21.6. The highest BCUT2D eigenvalue weighted by Gasteiger charge is 2.23. The summed E-state index contributed by atoms with van der Waals surface area (Å²) in [6, 6.07) is 11.6. The van der Waals surface area contributed by atoms with Gasteiger partial charge in [0.05, 0.1) is 23.9 Å². The van der Waals surface area contributed by atoms with Crippen LogP contribution in [-0.4, -0.2) is 30.7 Å². The third-order valence-electron chi connectivity index (χ3n) is 3.66. The number of carbonyl (C=O) groups is 3. The summed E-state index contributed by atoms with van der Waals surface area (Å²) < 4.78 is 15.2. The molecule has 0 bridgehead atoms. The van der Waals surface area contributed by atoms with Crippen LogP contribution >= 0.6 is 0 Å². The molecule has 8 heteroatoms. The molecule has 0 unspecified atom stereocenters. The van der Waals surface area contributed by atoms with E-state index in [1.807, 2.05) is 30.3 Å². The van der Waals surface area contributed by atoms with Gasteiger partial charge < -0.3 is 19.9 Å². The number of hydrogen-bond acceptors (Lipinski definition) is 7. The summed E-state index contributed by atoms with van der Waals surface area (Å²) in [5, 5.41) is 2.45. The molecule has 0 saturated carbocycles. The van der Waals surface area contributed by atoms with Crippen molar-refractivity contribution in [2.75, 3.05) is 18.2 Å². The largest absolute Gasteiger partial charge is 0.465 e. The average molecular weight is 400 g/mol. The third kappa shape index (κ3) is 6.24. The molecule has 0 aliphatic heterocycles. The van der Waals surface area contributed by atoms with Gasteiger partial charge in [-0.05, 0) is 38.5 Å². The van der Waals surface area contributed by atoms with Crippen molar-refractivity contribution in [2.24, 2.45) is 0 Å².